The Labute approximate surface area is 111 Å². The Bertz CT molecular complexity index is 601. The van der Waals surface area contributed by atoms with Crippen molar-refractivity contribution in [2.45, 2.75) is 0 Å². The molecule has 3 rings (SSSR count). The van der Waals surface area contributed by atoms with Crippen LogP contribution in [0.1, 0.15) is 11.1 Å². The maximum atomic E-state index is 11.5. The quantitative estimate of drug-likeness (QED) is 0.700. The maximum Gasteiger partial charge on any atom is 0.236 e. The van der Waals surface area contributed by atoms with Gasteiger partial charge >= 0.3 is 0 Å². The summed E-state index contributed by atoms with van der Waals surface area (Å²) in [5.41, 5.74) is 2.47. The highest BCUT2D eigenvalue weighted by Crippen LogP contribution is 2.55. The second kappa shape index (κ2) is 3.54. The van der Waals surface area contributed by atoms with E-state index in [-0.39, 0.29) is 10.1 Å². The van der Waals surface area contributed by atoms with E-state index in [1.807, 2.05) is 6.07 Å². The van der Waals surface area contributed by atoms with Crippen LogP contribution in [-0.2, 0) is 4.79 Å². The molecule has 0 N–H and O–H groups in total. The molecule has 0 amide bonds. The van der Waals surface area contributed by atoms with Gasteiger partial charge in [0.1, 0.15) is 5.03 Å². The number of allylic oxidation sites excluding steroid dienone is 1. The fourth-order valence-electron chi connectivity index (χ4n) is 1.82. The Morgan fingerprint density at radius 3 is 2.50 bits per heavy atom. The Hall–Kier alpha value is -0.410. The van der Waals surface area contributed by atoms with Crippen LogP contribution in [0, 0.1) is 0 Å². The standard InChI is InChI=1S/C11H3Cl3OS/c12-4-1-2-5-6(3-4)8(13)10-7(5)9(14)11(15)16-10/h1-3H. The number of thioether (sulfide) groups is 1. The molecular weight excluding hydrogens is 287 g/mol. The zero-order chi connectivity index (χ0) is 11.4. The molecule has 1 aliphatic heterocycles. The van der Waals surface area contributed by atoms with Crippen molar-refractivity contribution in [2.75, 3.05) is 0 Å². The molecule has 0 aromatic heterocycles. The lowest BCUT2D eigenvalue weighted by Gasteiger charge is -2.01. The lowest BCUT2D eigenvalue weighted by atomic mass is 10.1. The van der Waals surface area contributed by atoms with Crippen molar-refractivity contribution in [3.63, 3.8) is 0 Å². The Kier molecular flexibility index (Phi) is 2.37. The zero-order valence-electron chi connectivity index (χ0n) is 7.68. The predicted molar refractivity (Wildman–Crippen MR) is 69.6 cm³/mol. The van der Waals surface area contributed by atoms with Gasteiger partial charge in [0, 0.05) is 21.1 Å². The molecule has 0 radical (unpaired) electrons. The van der Waals surface area contributed by atoms with Crippen molar-refractivity contribution < 1.29 is 4.79 Å². The molecule has 0 saturated carbocycles. The SMILES string of the molecule is O=C1SC2=C(Cl)c3cc(Cl)ccc3C2=C1Cl. The fourth-order valence-corrected chi connectivity index (χ4v) is 3.62. The molecule has 16 heavy (non-hydrogen) atoms. The van der Waals surface area contributed by atoms with Crippen LogP contribution in [0.3, 0.4) is 0 Å². The first-order valence-electron chi connectivity index (χ1n) is 4.42. The van der Waals surface area contributed by atoms with Crippen molar-refractivity contribution in [3.05, 3.63) is 44.3 Å². The number of carbonyl (C=O) groups is 1. The Morgan fingerprint density at radius 1 is 1.00 bits per heavy atom. The molecule has 1 aliphatic carbocycles. The van der Waals surface area contributed by atoms with Crippen molar-refractivity contribution in [1.82, 2.24) is 0 Å². The van der Waals surface area contributed by atoms with Crippen LogP contribution in [-0.4, -0.2) is 5.12 Å². The summed E-state index contributed by atoms with van der Waals surface area (Å²) >= 11 is 19.2. The highest BCUT2D eigenvalue weighted by atomic mass is 35.5. The van der Waals surface area contributed by atoms with Crippen LogP contribution in [0.15, 0.2) is 28.1 Å². The lowest BCUT2D eigenvalue weighted by Crippen LogP contribution is -1.87. The van der Waals surface area contributed by atoms with Crippen molar-refractivity contribution >= 4 is 62.3 Å². The van der Waals surface area contributed by atoms with Crippen molar-refractivity contribution in [3.8, 4) is 0 Å². The van der Waals surface area contributed by atoms with Gasteiger partial charge in [-0.1, -0.05) is 40.9 Å². The number of hydrogen-bond acceptors (Lipinski definition) is 2. The second-order valence-electron chi connectivity index (χ2n) is 3.41. The number of benzene rings is 1. The van der Waals surface area contributed by atoms with Crippen molar-refractivity contribution in [1.29, 1.82) is 0 Å². The van der Waals surface area contributed by atoms with Crippen LogP contribution < -0.4 is 0 Å². The number of halogens is 3. The summed E-state index contributed by atoms with van der Waals surface area (Å²) in [4.78, 5) is 12.2. The maximum absolute atomic E-state index is 11.5. The minimum absolute atomic E-state index is 0.148. The zero-order valence-corrected chi connectivity index (χ0v) is 10.8. The summed E-state index contributed by atoms with van der Waals surface area (Å²) in [7, 11) is 0. The van der Waals surface area contributed by atoms with E-state index in [0.29, 0.717) is 10.1 Å². The van der Waals surface area contributed by atoms with Crippen LogP contribution in [0.5, 0.6) is 0 Å². The highest BCUT2D eigenvalue weighted by molar-refractivity contribution is 8.18. The summed E-state index contributed by atoms with van der Waals surface area (Å²) in [6.07, 6.45) is 0. The monoisotopic (exact) mass is 288 g/mol. The first kappa shape index (κ1) is 10.7. The molecule has 0 bridgehead atoms. The smallest absolute Gasteiger partial charge is 0.236 e. The topological polar surface area (TPSA) is 17.1 Å². The molecule has 0 atom stereocenters. The molecule has 1 nitrogen and oxygen atoms in total. The highest BCUT2D eigenvalue weighted by Gasteiger charge is 2.36. The average Bonchev–Trinajstić information content (AvgIpc) is 2.68. The van der Waals surface area contributed by atoms with E-state index in [1.54, 1.807) is 12.1 Å². The van der Waals surface area contributed by atoms with Crippen LogP contribution in [0.2, 0.25) is 5.02 Å². The number of hydrogen-bond donors (Lipinski definition) is 0. The van der Waals surface area contributed by atoms with Gasteiger partial charge in [-0.3, -0.25) is 4.79 Å². The third kappa shape index (κ3) is 1.31. The molecule has 0 fully saturated rings. The molecule has 0 saturated heterocycles. The molecule has 2 aliphatic rings. The van der Waals surface area contributed by atoms with Gasteiger partial charge in [-0.25, -0.2) is 0 Å². The Balaban J connectivity index is 2.36. The van der Waals surface area contributed by atoms with Gasteiger partial charge in [0.2, 0.25) is 5.12 Å². The van der Waals surface area contributed by atoms with E-state index < -0.39 is 0 Å². The summed E-state index contributed by atoms with van der Waals surface area (Å²) in [6, 6.07) is 5.38. The lowest BCUT2D eigenvalue weighted by molar-refractivity contribution is -0.107. The molecule has 1 aromatic rings. The van der Waals surface area contributed by atoms with Gasteiger partial charge in [0.15, 0.2) is 0 Å². The van der Waals surface area contributed by atoms with E-state index in [9.17, 15) is 4.79 Å². The molecule has 0 spiro atoms. The molecule has 1 aromatic carbocycles. The van der Waals surface area contributed by atoms with Crippen LogP contribution in [0.4, 0.5) is 0 Å². The minimum atomic E-state index is -0.148. The summed E-state index contributed by atoms with van der Waals surface area (Å²) in [5.74, 6) is 0. The summed E-state index contributed by atoms with van der Waals surface area (Å²) in [5, 5.41) is 1.27. The Morgan fingerprint density at radius 2 is 1.75 bits per heavy atom. The normalized spacial score (nSPS) is 18.3. The minimum Gasteiger partial charge on any atom is -0.280 e. The van der Waals surface area contributed by atoms with Gasteiger partial charge < -0.3 is 0 Å². The summed E-state index contributed by atoms with van der Waals surface area (Å²) in [6.45, 7) is 0. The van der Waals surface area contributed by atoms with Gasteiger partial charge in [-0.05, 0) is 29.5 Å². The van der Waals surface area contributed by atoms with E-state index in [1.165, 1.54) is 0 Å². The van der Waals surface area contributed by atoms with E-state index in [0.717, 1.165) is 33.4 Å². The third-order valence-electron chi connectivity index (χ3n) is 2.51. The van der Waals surface area contributed by atoms with Crippen molar-refractivity contribution in [2.24, 2.45) is 0 Å². The molecule has 0 unspecified atom stereocenters. The summed E-state index contributed by atoms with van der Waals surface area (Å²) < 4.78 is 0. The second-order valence-corrected chi connectivity index (χ2v) is 5.59. The molecule has 1 heterocycles. The van der Waals surface area contributed by atoms with E-state index in [4.69, 9.17) is 34.8 Å². The first-order valence-corrected chi connectivity index (χ1v) is 6.37. The van der Waals surface area contributed by atoms with Gasteiger partial charge in [-0.2, -0.15) is 0 Å². The first-order chi connectivity index (χ1) is 7.59. The number of rotatable bonds is 0. The van der Waals surface area contributed by atoms with Crippen LogP contribution in [0.25, 0.3) is 10.6 Å². The predicted octanol–water partition coefficient (Wildman–Crippen LogP) is 4.48. The van der Waals surface area contributed by atoms with Gasteiger partial charge in [-0.15, -0.1) is 0 Å². The average molecular weight is 290 g/mol. The molecular formula is C11H3Cl3OS. The van der Waals surface area contributed by atoms with Gasteiger partial charge in [0.05, 0.1) is 5.03 Å². The molecule has 5 heteroatoms. The number of fused-ring (bicyclic) bond motifs is 3. The third-order valence-corrected chi connectivity index (χ3v) is 4.72. The van der Waals surface area contributed by atoms with Gasteiger partial charge in [0.25, 0.3) is 0 Å². The largest absolute Gasteiger partial charge is 0.280 e. The van der Waals surface area contributed by atoms with Crippen LogP contribution >= 0.6 is 46.6 Å². The van der Waals surface area contributed by atoms with E-state index in [2.05, 4.69) is 0 Å². The van der Waals surface area contributed by atoms with E-state index >= 15 is 0 Å². The molecule has 80 valence electrons. The fraction of sp³-hybridized carbons (Fsp3) is 0. The number of carbonyl (C=O) groups excluding carboxylic acids is 1.